The summed E-state index contributed by atoms with van der Waals surface area (Å²) >= 11 is 0. The van der Waals surface area contributed by atoms with E-state index in [2.05, 4.69) is 27.6 Å². The molecule has 0 amide bonds. The van der Waals surface area contributed by atoms with Gasteiger partial charge in [-0.15, -0.1) is 5.10 Å². The van der Waals surface area contributed by atoms with Gasteiger partial charge in [0.2, 0.25) is 0 Å². The fourth-order valence-corrected chi connectivity index (χ4v) is 3.37. The van der Waals surface area contributed by atoms with Crippen molar-refractivity contribution in [2.45, 2.75) is 51.7 Å². The number of nitrogens with one attached hydrogen (secondary N) is 1. The Balaban J connectivity index is 1.60. The van der Waals surface area contributed by atoms with E-state index < -0.39 is 0 Å². The quantitative estimate of drug-likeness (QED) is 0.489. The van der Waals surface area contributed by atoms with Gasteiger partial charge >= 0.3 is 6.01 Å². The lowest BCUT2D eigenvalue weighted by atomic mass is 9.98. The molecule has 0 aliphatic heterocycles. The molecule has 1 aliphatic carbocycles. The minimum atomic E-state index is -0.224. The second-order valence-electron chi connectivity index (χ2n) is 7.96. The summed E-state index contributed by atoms with van der Waals surface area (Å²) < 4.78 is 1.55. The van der Waals surface area contributed by atoms with Crippen molar-refractivity contribution in [1.29, 1.82) is 0 Å². The molecule has 2 aromatic carbocycles. The SMILES string of the molecule is CC(C)c1cc(-c2nnc(O)n2Cc2ccc(CNC3CC3)cc2)c(O)cc1O. The topological polar surface area (TPSA) is 103 Å². The summed E-state index contributed by atoms with van der Waals surface area (Å²) in [5.74, 6) is 0.339. The van der Waals surface area contributed by atoms with Crippen LogP contribution in [0.4, 0.5) is 0 Å². The second kappa shape index (κ2) is 7.75. The molecular weight excluding hydrogens is 368 g/mol. The fraction of sp³-hybridized carbons (Fsp3) is 0.364. The highest BCUT2D eigenvalue weighted by molar-refractivity contribution is 5.68. The van der Waals surface area contributed by atoms with Crippen molar-refractivity contribution in [1.82, 2.24) is 20.1 Å². The van der Waals surface area contributed by atoms with Crippen molar-refractivity contribution < 1.29 is 15.3 Å². The lowest BCUT2D eigenvalue weighted by molar-refractivity contribution is 0.404. The van der Waals surface area contributed by atoms with Crippen LogP contribution in [0, 0.1) is 0 Å². The predicted molar refractivity (Wildman–Crippen MR) is 110 cm³/mol. The number of hydrogen-bond donors (Lipinski definition) is 4. The Morgan fingerprint density at radius 2 is 1.69 bits per heavy atom. The van der Waals surface area contributed by atoms with E-state index >= 15 is 0 Å². The number of nitrogens with zero attached hydrogens (tertiary/aromatic N) is 3. The van der Waals surface area contributed by atoms with E-state index in [0.29, 0.717) is 29.5 Å². The van der Waals surface area contributed by atoms with Crippen LogP contribution in [0.5, 0.6) is 17.5 Å². The molecule has 1 heterocycles. The Morgan fingerprint density at radius 3 is 2.34 bits per heavy atom. The Bertz CT molecular complexity index is 1010. The highest BCUT2D eigenvalue weighted by atomic mass is 16.3. The summed E-state index contributed by atoms with van der Waals surface area (Å²) in [5, 5.41) is 42.0. The first-order chi connectivity index (χ1) is 13.9. The number of hydrogen-bond acceptors (Lipinski definition) is 6. The van der Waals surface area contributed by atoms with E-state index in [4.69, 9.17) is 0 Å². The van der Waals surface area contributed by atoms with Gasteiger partial charge in [0.05, 0.1) is 12.1 Å². The molecule has 7 heteroatoms. The standard InChI is InChI=1S/C22H26N4O3/c1-13(2)17-9-18(20(28)10-19(17)27)21-24-25-22(29)26(21)12-15-5-3-14(4-6-15)11-23-16-7-8-16/h3-6,9-10,13,16,23,27-28H,7-8,11-12H2,1-2H3,(H,25,29). The van der Waals surface area contributed by atoms with Gasteiger partial charge in [0.15, 0.2) is 5.82 Å². The van der Waals surface area contributed by atoms with Crippen LogP contribution in [-0.2, 0) is 13.1 Å². The zero-order valence-electron chi connectivity index (χ0n) is 16.6. The van der Waals surface area contributed by atoms with Gasteiger partial charge in [0.1, 0.15) is 11.5 Å². The van der Waals surface area contributed by atoms with Crippen molar-refractivity contribution in [2.75, 3.05) is 0 Å². The third kappa shape index (κ3) is 4.19. The summed E-state index contributed by atoms with van der Waals surface area (Å²) in [4.78, 5) is 0. The smallest absolute Gasteiger partial charge is 0.315 e. The van der Waals surface area contributed by atoms with E-state index in [1.165, 1.54) is 24.5 Å². The predicted octanol–water partition coefficient (Wildman–Crippen LogP) is 3.49. The lowest BCUT2D eigenvalue weighted by Gasteiger charge is -2.14. The maximum Gasteiger partial charge on any atom is 0.315 e. The second-order valence-corrected chi connectivity index (χ2v) is 7.96. The van der Waals surface area contributed by atoms with Crippen LogP contribution < -0.4 is 5.32 Å². The molecule has 3 aromatic rings. The first-order valence-electron chi connectivity index (χ1n) is 9.92. The van der Waals surface area contributed by atoms with E-state index in [-0.39, 0.29) is 23.4 Å². The molecule has 1 aliphatic rings. The summed E-state index contributed by atoms with van der Waals surface area (Å²) in [6.07, 6.45) is 2.52. The van der Waals surface area contributed by atoms with Gasteiger partial charge in [-0.2, -0.15) is 0 Å². The van der Waals surface area contributed by atoms with Gasteiger partial charge in [0.25, 0.3) is 0 Å². The Morgan fingerprint density at radius 1 is 1.00 bits per heavy atom. The molecule has 0 atom stereocenters. The average Bonchev–Trinajstić information content (AvgIpc) is 3.45. The molecule has 7 nitrogen and oxygen atoms in total. The number of aromatic hydroxyl groups is 3. The molecule has 29 heavy (non-hydrogen) atoms. The minimum absolute atomic E-state index is 0.0342. The highest BCUT2D eigenvalue weighted by Crippen LogP contribution is 2.38. The van der Waals surface area contributed by atoms with E-state index in [1.807, 2.05) is 26.0 Å². The van der Waals surface area contributed by atoms with Crippen LogP contribution in [0.15, 0.2) is 36.4 Å². The number of benzene rings is 2. The van der Waals surface area contributed by atoms with E-state index in [0.717, 1.165) is 12.1 Å². The van der Waals surface area contributed by atoms with Gasteiger partial charge in [-0.05, 0) is 41.5 Å². The Labute approximate surface area is 169 Å². The largest absolute Gasteiger partial charge is 0.508 e. The van der Waals surface area contributed by atoms with Gasteiger partial charge in [-0.3, -0.25) is 4.57 Å². The first-order valence-corrected chi connectivity index (χ1v) is 9.92. The summed E-state index contributed by atoms with van der Waals surface area (Å²) in [6.45, 7) is 5.13. The zero-order chi connectivity index (χ0) is 20.5. The highest BCUT2D eigenvalue weighted by Gasteiger charge is 2.21. The van der Waals surface area contributed by atoms with Crippen LogP contribution >= 0.6 is 0 Å². The molecule has 1 aromatic heterocycles. The zero-order valence-corrected chi connectivity index (χ0v) is 16.6. The normalized spacial score (nSPS) is 13.9. The fourth-order valence-electron chi connectivity index (χ4n) is 3.37. The lowest BCUT2D eigenvalue weighted by Crippen LogP contribution is -2.15. The Hall–Kier alpha value is -3.06. The van der Waals surface area contributed by atoms with Crippen molar-refractivity contribution in [3.05, 3.63) is 53.1 Å². The van der Waals surface area contributed by atoms with E-state index in [9.17, 15) is 15.3 Å². The number of phenolic OH excluding ortho intramolecular Hbond substituents is 2. The van der Waals surface area contributed by atoms with Crippen LogP contribution in [0.25, 0.3) is 11.4 Å². The molecular formula is C22H26N4O3. The molecule has 152 valence electrons. The van der Waals surface area contributed by atoms with Crippen LogP contribution in [0.1, 0.15) is 49.3 Å². The van der Waals surface area contributed by atoms with Gasteiger partial charge in [-0.25, -0.2) is 0 Å². The maximum absolute atomic E-state index is 10.4. The van der Waals surface area contributed by atoms with E-state index in [1.54, 1.807) is 10.6 Å². The first kappa shape index (κ1) is 19.3. The number of phenols is 2. The minimum Gasteiger partial charge on any atom is -0.508 e. The monoisotopic (exact) mass is 394 g/mol. The van der Waals surface area contributed by atoms with Crippen molar-refractivity contribution in [3.8, 4) is 28.9 Å². The molecule has 0 saturated heterocycles. The third-order valence-corrected chi connectivity index (χ3v) is 5.28. The van der Waals surface area contributed by atoms with Gasteiger partial charge in [0, 0.05) is 18.7 Å². The number of rotatable bonds is 7. The van der Waals surface area contributed by atoms with Crippen LogP contribution in [-0.4, -0.2) is 36.1 Å². The van der Waals surface area contributed by atoms with Gasteiger partial charge in [-0.1, -0.05) is 43.2 Å². The molecule has 0 radical (unpaired) electrons. The molecule has 1 saturated carbocycles. The molecule has 0 unspecified atom stereocenters. The van der Waals surface area contributed by atoms with Crippen molar-refractivity contribution in [3.63, 3.8) is 0 Å². The van der Waals surface area contributed by atoms with Crippen molar-refractivity contribution in [2.24, 2.45) is 0 Å². The molecule has 4 N–H and O–H groups in total. The molecule has 0 spiro atoms. The van der Waals surface area contributed by atoms with Crippen molar-refractivity contribution >= 4 is 0 Å². The third-order valence-electron chi connectivity index (χ3n) is 5.28. The van der Waals surface area contributed by atoms with Crippen LogP contribution in [0.3, 0.4) is 0 Å². The molecule has 0 bridgehead atoms. The Kier molecular flexibility index (Phi) is 5.15. The summed E-state index contributed by atoms with van der Waals surface area (Å²) in [7, 11) is 0. The molecule has 1 fully saturated rings. The summed E-state index contributed by atoms with van der Waals surface area (Å²) in [6, 6.07) is 11.6. The summed E-state index contributed by atoms with van der Waals surface area (Å²) in [5.41, 5.74) is 3.31. The maximum atomic E-state index is 10.4. The number of aromatic nitrogens is 3. The van der Waals surface area contributed by atoms with Crippen LogP contribution in [0.2, 0.25) is 0 Å². The van der Waals surface area contributed by atoms with Gasteiger partial charge < -0.3 is 20.6 Å². The average molecular weight is 394 g/mol. The molecule has 4 rings (SSSR count).